The molecule has 0 saturated heterocycles. The number of hydrogen-bond donors (Lipinski definition) is 1. The summed E-state index contributed by atoms with van der Waals surface area (Å²) in [7, 11) is 0. The maximum absolute atomic E-state index is 11.4. The normalized spacial score (nSPS) is 10.2. The highest BCUT2D eigenvalue weighted by atomic mass is 16.1. The predicted molar refractivity (Wildman–Crippen MR) is 74.2 cm³/mol. The monoisotopic (exact) mass is 255 g/mol. The van der Waals surface area contributed by atoms with Gasteiger partial charge >= 0.3 is 0 Å². The summed E-state index contributed by atoms with van der Waals surface area (Å²) in [5, 5.41) is 2.85. The van der Waals surface area contributed by atoms with Gasteiger partial charge in [0.25, 0.3) is 0 Å². The molecule has 0 bridgehead atoms. The van der Waals surface area contributed by atoms with Crippen LogP contribution in [0.1, 0.15) is 25.5 Å². The van der Waals surface area contributed by atoms with Crippen LogP contribution in [0.25, 0.3) is 11.3 Å². The smallest absolute Gasteiger partial charge is 0.220 e. The molecule has 0 aliphatic rings. The Labute approximate surface area is 112 Å². The summed E-state index contributed by atoms with van der Waals surface area (Å²) in [6, 6.07) is 11.8. The van der Waals surface area contributed by atoms with Crippen molar-refractivity contribution in [2.45, 2.75) is 26.3 Å². The summed E-state index contributed by atoms with van der Waals surface area (Å²) in [6.07, 6.45) is 2.94. The first kappa shape index (κ1) is 13.2. The lowest BCUT2D eigenvalue weighted by Gasteiger charge is -2.05. The molecule has 0 atom stereocenters. The van der Waals surface area contributed by atoms with Gasteiger partial charge in [0.05, 0.1) is 17.9 Å². The van der Waals surface area contributed by atoms with Gasteiger partial charge in [-0.25, -0.2) is 9.97 Å². The highest BCUT2D eigenvalue weighted by Gasteiger charge is 2.03. The Morgan fingerprint density at radius 2 is 2.00 bits per heavy atom. The first-order valence-electron chi connectivity index (χ1n) is 6.42. The minimum Gasteiger partial charge on any atom is -0.350 e. The number of hydrogen-bond acceptors (Lipinski definition) is 3. The minimum atomic E-state index is 0.0578. The van der Waals surface area contributed by atoms with Crippen molar-refractivity contribution < 1.29 is 4.79 Å². The van der Waals surface area contributed by atoms with Crippen molar-refractivity contribution >= 4 is 5.91 Å². The van der Waals surface area contributed by atoms with Gasteiger partial charge in [-0.05, 0) is 12.5 Å². The van der Waals surface area contributed by atoms with E-state index in [1.54, 1.807) is 0 Å². The lowest BCUT2D eigenvalue weighted by atomic mass is 10.1. The van der Waals surface area contributed by atoms with Crippen LogP contribution in [0.4, 0.5) is 0 Å². The van der Waals surface area contributed by atoms with E-state index in [4.69, 9.17) is 0 Å². The number of carbonyl (C=O) groups excluding carboxylic acids is 1. The number of rotatable bonds is 5. The average Bonchev–Trinajstić information content (AvgIpc) is 2.47. The topological polar surface area (TPSA) is 54.9 Å². The molecule has 4 nitrogen and oxygen atoms in total. The zero-order chi connectivity index (χ0) is 13.5. The van der Waals surface area contributed by atoms with E-state index in [0.29, 0.717) is 13.0 Å². The van der Waals surface area contributed by atoms with Gasteiger partial charge in [0, 0.05) is 12.0 Å². The van der Waals surface area contributed by atoms with Gasteiger partial charge in [-0.2, -0.15) is 0 Å². The fourth-order valence-electron chi connectivity index (χ4n) is 1.77. The van der Waals surface area contributed by atoms with E-state index >= 15 is 0 Å². The third-order valence-electron chi connectivity index (χ3n) is 2.74. The van der Waals surface area contributed by atoms with Gasteiger partial charge < -0.3 is 5.32 Å². The Morgan fingerprint density at radius 3 is 2.74 bits per heavy atom. The number of benzene rings is 1. The number of nitrogens with one attached hydrogen (secondary N) is 1. The Morgan fingerprint density at radius 1 is 1.21 bits per heavy atom. The van der Waals surface area contributed by atoms with Crippen LogP contribution in [-0.2, 0) is 11.3 Å². The summed E-state index contributed by atoms with van der Waals surface area (Å²) >= 11 is 0. The second-order valence-electron chi connectivity index (χ2n) is 4.29. The van der Waals surface area contributed by atoms with E-state index in [2.05, 4.69) is 15.3 Å². The van der Waals surface area contributed by atoms with E-state index in [9.17, 15) is 4.79 Å². The average molecular weight is 255 g/mol. The molecule has 2 aromatic rings. The summed E-state index contributed by atoms with van der Waals surface area (Å²) in [4.78, 5) is 19.8. The molecule has 0 saturated carbocycles. The molecular weight excluding hydrogens is 238 g/mol. The van der Waals surface area contributed by atoms with Gasteiger partial charge in [0.1, 0.15) is 6.33 Å². The molecule has 2 rings (SSSR count). The van der Waals surface area contributed by atoms with E-state index in [1.165, 1.54) is 6.33 Å². The summed E-state index contributed by atoms with van der Waals surface area (Å²) in [5.41, 5.74) is 2.74. The number of aromatic nitrogens is 2. The fraction of sp³-hybridized carbons (Fsp3) is 0.267. The maximum Gasteiger partial charge on any atom is 0.220 e. The lowest BCUT2D eigenvalue weighted by molar-refractivity contribution is -0.121. The standard InChI is InChI=1S/C15H17N3O/c1-2-6-15(19)16-10-13-9-14(18-11-17-13)12-7-4-3-5-8-12/h3-5,7-9,11H,2,6,10H2,1H3,(H,16,19). The molecule has 0 fully saturated rings. The molecule has 98 valence electrons. The van der Waals surface area contributed by atoms with Crippen LogP contribution < -0.4 is 5.32 Å². The van der Waals surface area contributed by atoms with Crippen LogP contribution in [0.2, 0.25) is 0 Å². The molecule has 0 aliphatic heterocycles. The Balaban J connectivity index is 2.06. The first-order valence-corrected chi connectivity index (χ1v) is 6.42. The molecule has 0 spiro atoms. The largest absolute Gasteiger partial charge is 0.350 e. The van der Waals surface area contributed by atoms with Crippen LogP contribution in [0, 0.1) is 0 Å². The molecule has 1 aromatic carbocycles. The lowest BCUT2D eigenvalue weighted by Crippen LogP contribution is -2.22. The Kier molecular flexibility index (Phi) is 4.61. The number of nitrogens with zero attached hydrogens (tertiary/aromatic N) is 2. The molecule has 1 N–H and O–H groups in total. The second kappa shape index (κ2) is 6.64. The number of amides is 1. The van der Waals surface area contributed by atoms with Gasteiger partial charge in [-0.15, -0.1) is 0 Å². The minimum absolute atomic E-state index is 0.0578. The molecule has 0 unspecified atom stereocenters. The predicted octanol–water partition coefficient (Wildman–Crippen LogP) is 2.56. The molecular formula is C15H17N3O. The van der Waals surface area contributed by atoms with Crippen molar-refractivity contribution in [1.29, 1.82) is 0 Å². The fourth-order valence-corrected chi connectivity index (χ4v) is 1.77. The summed E-state index contributed by atoms with van der Waals surface area (Å²) in [6.45, 7) is 2.43. The summed E-state index contributed by atoms with van der Waals surface area (Å²) in [5.74, 6) is 0.0578. The van der Waals surface area contributed by atoms with E-state index in [-0.39, 0.29) is 5.91 Å². The SMILES string of the molecule is CCCC(=O)NCc1cc(-c2ccccc2)ncn1. The molecule has 1 heterocycles. The van der Waals surface area contributed by atoms with Gasteiger partial charge in [0.15, 0.2) is 0 Å². The van der Waals surface area contributed by atoms with E-state index in [0.717, 1.165) is 23.4 Å². The highest BCUT2D eigenvalue weighted by molar-refractivity contribution is 5.75. The summed E-state index contributed by atoms with van der Waals surface area (Å²) < 4.78 is 0. The van der Waals surface area contributed by atoms with Crippen LogP contribution in [0.5, 0.6) is 0 Å². The van der Waals surface area contributed by atoms with Crippen molar-refractivity contribution in [3.63, 3.8) is 0 Å². The van der Waals surface area contributed by atoms with Crippen molar-refractivity contribution in [3.8, 4) is 11.3 Å². The molecule has 0 radical (unpaired) electrons. The Bertz CT molecular complexity index is 540. The quantitative estimate of drug-likeness (QED) is 0.893. The second-order valence-corrected chi connectivity index (χ2v) is 4.29. The zero-order valence-electron chi connectivity index (χ0n) is 11.0. The highest BCUT2D eigenvalue weighted by Crippen LogP contribution is 2.15. The van der Waals surface area contributed by atoms with Gasteiger partial charge in [-0.3, -0.25) is 4.79 Å². The third kappa shape index (κ3) is 3.88. The van der Waals surface area contributed by atoms with Crippen LogP contribution in [0.15, 0.2) is 42.7 Å². The molecule has 19 heavy (non-hydrogen) atoms. The van der Waals surface area contributed by atoms with Crippen LogP contribution in [-0.4, -0.2) is 15.9 Å². The molecule has 0 aliphatic carbocycles. The number of carbonyl (C=O) groups is 1. The van der Waals surface area contributed by atoms with E-state index < -0.39 is 0 Å². The molecule has 4 heteroatoms. The van der Waals surface area contributed by atoms with Crippen LogP contribution in [0.3, 0.4) is 0 Å². The van der Waals surface area contributed by atoms with Crippen molar-refractivity contribution in [2.75, 3.05) is 0 Å². The molecule has 1 amide bonds. The first-order chi connectivity index (χ1) is 9.29. The van der Waals surface area contributed by atoms with Gasteiger partial charge in [-0.1, -0.05) is 37.3 Å². The van der Waals surface area contributed by atoms with Crippen molar-refractivity contribution in [1.82, 2.24) is 15.3 Å². The maximum atomic E-state index is 11.4. The van der Waals surface area contributed by atoms with Crippen molar-refractivity contribution in [3.05, 3.63) is 48.4 Å². The third-order valence-corrected chi connectivity index (χ3v) is 2.74. The van der Waals surface area contributed by atoms with E-state index in [1.807, 2.05) is 43.3 Å². The van der Waals surface area contributed by atoms with Crippen LogP contribution >= 0.6 is 0 Å². The van der Waals surface area contributed by atoms with Gasteiger partial charge in [0.2, 0.25) is 5.91 Å². The zero-order valence-corrected chi connectivity index (χ0v) is 11.0. The molecule has 1 aromatic heterocycles. The Hall–Kier alpha value is -2.23. The van der Waals surface area contributed by atoms with Crippen molar-refractivity contribution in [2.24, 2.45) is 0 Å².